The third kappa shape index (κ3) is 1.49. The average molecular weight is 228 g/mol. The Morgan fingerprint density at radius 2 is 2.24 bits per heavy atom. The molecule has 0 saturated heterocycles. The van der Waals surface area contributed by atoms with Crippen molar-refractivity contribution in [3.63, 3.8) is 0 Å². The van der Waals surface area contributed by atoms with Crippen LogP contribution in [-0.4, -0.2) is 12.5 Å². The van der Waals surface area contributed by atoms with Gasteiger partial charge in [-0.25, -0.2) is 0 Å². The first-order valence-corrected chi connectivity index (χ1v) is 5.49. The van der Waals surface area contributed by atoms with E-state index in [1.54, 1.807) is 11.0 Å². The highest BCUT2D eigenvalue weighted by Crippen LogP contribution is 2.32. The molecular weight excluding hydrogens is 216 g/mol. The summed E-state index contributed by atoms with van der Waals surface area (Å²) in [7, 11) is 0. The fourth-order valence-electron chi connectivity index (χ4n) is 2.21. The first-order valence-electron chi connectivity index (χ1n) is 5.49. The van der Waals surface area contributed by atoms with Gasteiger partial charge in [0.1, 0.15) is 6.26 Å². The normalized spacial score (nSPS) is 13.8. The molecule has 0 fully saturated rings. The van der Waals surface area contributed by atoms with Gasteiger partial charge in [0.05, 0.1) is 11.8 Å². The van der Waals surface area contributed by atoms with Crippen molar-refractivity contribution >= 4 is 17.3 Å². The van der Waals surface area contributed by atoms with Gasteiger partial charge in [-0.05, 0) is 24.6 Å². The van der Waals surface area contributed by atoms with Crippen LogP contribution in [0.4, 0.5) is 11.4 Å². The molecular formula is C13H12N2O2. The van der Waals surface area contributed by atoms with E-state index in [1.165, 1.54) is 12.5 Å². The minimum Gasteiger partial charge on any atom is -0.472 e. The summed E-state index contributed by atoms with van der Waals surface area (Å²) in [5.41, 5.74) is 9.19. The zero-order valence-corrected chi connectivity index (χ0v) is 9.22. The van der Waals surface area contributed by atoms with Gasteiger partial charge in [-0.1, -0.05) is 6.07 Å². The third-order valence-electron chi connectivity index (χ3n) is 3.08. The number of fused-ring (bicyclic) bond motifs is 1. The fraction of sp³-hybridized carbons (Fsp3) is 0.154. The second-order valence-electron chi connectivity index (χ2n) is 4.06. The molecule has 2 N–H and O–H groups in total. The summed E-state index contributed by atoms with van der Waals surface area (Å²) in [6, 6.07) is 7.34. The number of nitrogens with zero attached hydrogens (tertiary/aromatic N) is 1. The maximum atomic E-state index is 12.2. The van der Waals surface area contributed by atoms with E-state index in [2.05, 4.69) is 0 Å². The lowest BCUT2D eigenvalue weighted by Gasteiger charge is -2.16. The highest BCUT2D eigenvalue weighted by molar-refractivity contribution is 6.07. The van der Waals surface area contributed by atoms with Crippen molar-refractivity contribution in [3.05, 3.63) is 47.9 Å². The van der Waals surface area contributed by atoms with Crippen molar-refractivity contribution in [1.82, 2.24) is 0 Å². The molecule has 17 heavy (non-hydrogen) atoms. The number of hydrogen-bond acceptors (Lipinski definition) is 3. The van der Waals surface area contributed by atoms with Gasteiger partial charge in [0, 0.05) is 23.5 Å². The number of nitrogens with two attached hydrogens (primary N) is 1. The number of rotatable bonds is 1. The van der Waals surface area contributed by atoms with Crippen molar-refractivity contribution < 1.29 is 9.21 Å². The molecule has 0 spiro atoms. The zero-order valence-electron chi connectivity index (χ0n) is 9.22. The van der Waals surface area contributed by atoms with E-state index < -0.39 is 0 Å². The predicted molar refractivity (Wildman–Crippen MR) is 64.9 cm³/mol. The van der Waals surface area contributed by atoms with E-state index in [-0.39, 0.29) is 5.91 Å². The quantitative estimate of drug-likeness (QED) is 0.760. The monoisotopic (exact) mass is 228 g/mol. The molecule has 0 saturated carbocycles. The number of nitrogen functional groups attached to an aromatic ring is 1. The van der Waals surface area contributed by atoms with Crippen LogP contribution in [0.15, 0.2) is 41.2 Å². The number of anilines is 2. The summed E-state index contributed by atoms with van der Waals surface area (Å²) in [6.45, 7) is 0.674. The van der Waals surface area contributed by atoms with Crippen LogP contribution >= 0.6 is 0 Å². The summed E-state index contributed by atoms with van der Waals surface area (Å²) in [5.74, 6) is -0.0388. The van der Waals surface area contributed by atoms with Crippen molar-refractivity contribution in [2.45, 2.75) is 6.42 Å². The Morgan fingerprint density at radius 1 is 1.35 bits per heavy atom. The fourth-order valence-corrected chi connectivity index (χ4v) is 2.21. The molecule has 1 aliphatic heterocycles. The number of benzene rings is 1. The number of carbonyl (C=O) groups excluding carboxylic acids is 1. The maximum Gasteiger partial charge on any atom is 0.261 e. The van der Waals surface area contributed by atoms with Gasteiger partial charge in [0.15, 0.2) is 0 Å². The lowest BCUT2D eigenvalue weighted by Crippen LogP contribution is -2.28. The van der Waals surface area contributed by atoms with Gasteiger partial charge in [0.25, 0.3) is 5.91 Å². The number of carbonyl (C=O) groups is 1. The minimum atomic E-state index is -0.0388. The molecule has 1 amide bonds. The van der Waals surface area contributed by atoms with Gasteiger partial charge in [0.2, 0.25) is 0 Å². The van der Waals surface area contributed by atoms with Crippen LogP contribution in [0, 0.1) is 0 Å². The minimum absolute atomic E-state index is 0.0388. The number of amides is 1. The van der Waals surface area contributed by atoms with Gasteiger partial charge in [-0.3, -0.25) is 4.79 Å². The second-order valence-corrected chi connectivity index (χ2v) is 4.06. The molecule has 0 aliphatic carbocycles. The lowest BCUT2D eigenvalue weighted by molar-refractivity contribution is 0.0989. The molecule has 2 heterocycles. The Kier molecular flexibility index (Phi) is 2.14. The lowest BCUT2D eigenvalue weighted by atomic mass is 10.1. The molecule has 0 atom stereocenters. The summed E-state index contributed by atoms with van der Waals surface area (Å²) in [5, 5.41) is 0. The third-order valence-corrected chi connectivity index (χ3v) is 3.08. The summed E-state index contributed by atoms with van der Waals surface area (Å²) in [4.78, 5) is 14.0. The summed E-state index contributed by atoms with van der Waals surface area (Å²) < 4.78 is 4.93. The van der Waals surface area contributed by atoms with Crippen molar-refractivity contribution in [2.24, 2.45) is 0 Å². The number of furan rings is 1. The van der Waals surface area contributed by atoms with E-state index >= 15 is 0 Å². The van der Waals surface area contributed by atoms with Gasteiger partial charge >= 0.3 is 0 Å². The molecule has 86 valence electrons. The van der Waals surface area contributed by atoms with Crippen LogP contribution in [-0.2, 0) is 6.42 Å². The summed E-state index contributed by atoms with van der Waals surface area (Å²) >= 11 is 0. The molecule has 4 heteroatoms. The highest BCUT2D eigenvalue weighted by atomic mass is 16.3. The standard InChI is InChI=1S/C13H12N2O2/c14-11-2-1-3-12-10(11)4-6-15(12)13(16)9-5-7-17-8-9/h1-3,5,7-8H,4,6,14H2. The Hall–Kier alpha value is -2.23. The van der Waals surface area contributed by atoms with Crippen LogP contribution in [0.3, 0.4) is 0 Å². The molecule has 1 aromatic heterocycles. The number of hydrogen-bond donors (Lipinski definition) is 1. The molecule has 3 rings (SSSR count). The second kappa shape index (κ2) is 3.66. The molecule has 0 bridgehead atoms. The molecule has 1 aromatic carbocycles. The van der Waals surface area contributed by atoms with E-state index in [0.29, 0.717) is 12.1 Å². The molecule has 2 aromatic rings. The zero-order chi connectivity index (χ0) is 11.8. The smallest absolute Gasteiger partial charge is 0.261 e. The largest absolute Gasteiger partial charge is 0.472 e. The molecule has 0 radical (unpaired) electrons. The maximum absolute atomic E-state index is 12.2. The van der Waals surface area contributed by atoms with Crippen molar-refractivity contribution in [3.8, 4) is 0 Å². The van der Waals surface area contributed by atoms with Crippen LogP contribution in [0.5, 0.6) is 0 Å². The van der Waals surface area contributed by atoms with Gasteiger partial charge < -0.3 is 15.1 Å². The van der Waals surface area contributed by atoms with Gasteiger partial charge in [-0.15, -0.1) is 0 Å². The Bertz CT molecular complexity index is 561. The molecule has 4 nitrogen and oxygen atoms in total. The first kappa shape index (κ1) is 9.96. The van der Waals surface area contributed by atoms with Gasteiger partial charge in [-0.2, -0.15) is 0 Å². The van der Waals surface area contributed by atoms with E-state index in [1.807, 2.05) is 18.2 Å². The van der Waals surface area contributed by atoms with E-state index in [9.17, 15) is 4.79 Å². The molecule has 1 aliphatic rings. The highest BCUT2D eigenvalue weighted by Gasteiger charge is 2.27. The van der Waals surface area contributed by atoms with Crippen LogP contribution in [0.2, 0.25) is 0 Å². The van der Waals surface area contributed by atoms with Crippen molar-refractivity contribution in [1.29, 1.82) is 0 Å². The Morgan fingerprint density at radius 3 is 3.00 bits per heavy atom. The van der Waals surface area contributed by atoms with Crippen LogP contribution in [0.1, 0.15) is 15.9 Å². The molecule has 0 unspecified atom stereocenters. The predicted octanol–water partition coefficient (Wildman–Crippen LogP) is 2.06. The topological polar surface area (TPSA) is 59.5 Å². The van der Waals surface area contributed by atoms with Crippen molar-refractivity contribution in [2.75, 3.05) is 17.2 Å². The van der Waals surface area contributed by atoms with E-state index in [0.717, 1.165) is 23.4 Å². The van der Waals surface area contributed by atoms with Crippen LogP contribution in [0.25, 0.3) is 0 Å². The summed E-state index contributed by atoms with van der Waals surface area (Å²) in [6.07, 6.45) is 3.78. The Balaban J connectivity index is 1.99. The Labute approximate surface area is 98.6 Å². The van der Waals surface area contributed by atoms with Crippen LogP contribution < -0.4 is 10.6 Å². The first-order chi connectivity index (χ1) is 8.27. The van der Waals surface area contributed by atoms with E-state index in [4.69, 9.17) is 10.2 Å². The SMILES string of the molecule is Nc1cccc2c1CCN2C(=O)c1ccoc1. The average Bonchev–Trinajstić information content (AvgIpc) is 2.98.